The highest BCUT2D eigenvalue weighted by molar-refractivity contribution is 7.12. The van der Waals surface area contributed by atoms with Gasteiger partial charge in [-0.3, -0.25) is 9.36 Å². The highest BCUT2D eigenvalue weighted by Gasteiger charge is 2.18. The van der Waals surface area contributed by atoms with Crippen molar-refractivity contribution in [3.8, 4) is 10.9 Å². The van der Waals surface area contributed by atoms with Gasteiger partial charge in [-0.1, -0.05) is 0 Å². The predicted octanol–water partition coefficient (Wildman–Crippen LogP) is 2.05. The molecule has 4 aromatic rings. The fraction of sp³-hybridized carbons (Fsp3) is 0. The first kappa shape index (κ1) is 16.0. The van der Waals surface area contributed by atoms with Crippen LogP contribution in [-0.2, 0) is 0 Å². The molecule has 0 aliphatic rings. The van der Waals surface area contributed by atoms with Crippen LogP contribution in [0.4, 0.5) is 10.1 Å². The molecule has 0 atom stereocenters. The van der Waals surface area contributed by atoms with E-state index >= 15 is 0 Å². The Kier molecular flexibility index (Phi) is 3.55. The maximum absolute atomic E-state index is 13.5. The van der Waals surface area contributed by atoms with Crippen molar-refractivity contribution in [1.82, 2.24) is 19.1 Å². The van der Waals surface area contributed by atoms with Crippen molar-refractivity contribution in [3.63, 3.8) is 0 Å². The van der Waals surface area contributed by atoms with Crippen LogP contribution in [0, 0.1) is 5.82 Å². The van der Waals surface area contributed by atoms with E-state index in [2.05, 4.69) is 9.97 Å². The van der Waals surface area contributed by atoms with Crippen LogP contribution in [0.1, 0.15) is 10.4 Å². The van der Waals surface area contributed by atoms with E-state index in [1.807, 2.05) is 0 Å². The molecule has 4 aromatic heterocycles. The molecule has 26 heavy (non-hydrogen) atoms. The number of hydrogen-bond donors (Lipinski definition) is 2. The van der Waals surface area contributed by atoms with Gasteiger partial charge in [-0.15, -0.1) is 11.3 Å². The third-order valence-electron chi connectivity index (χ3n) is 3.76. The van der Waals surface area contributed by atoms with E-state index in [-0.39, 0.29) is 16.7 Å². The Morgan fingerprint density at radius 2 is 2.08 bits per heavy atom. The number of halogens is 1. The van der Waals surface area contributed by atoms with E-state index in [0.29, 0.717) is 10.9 Å². The fourth-order valence-electron chi connectivity index (χ4n) is 2.55. The Morgan fingerprint density at radius 3 is 2.69 bits per heavy atom. The molecule has 8 nitrogen and oxygen atoms in total. The van der Waals surface area contributed by atoms with Crippen LogP contribution < -0.4 is 11.2 Å². The third kappa shape index (κ3) is 2.43. The normalized spacial score (nSPS) is 11.1. The summed E-state index contributed by atoms with van der Waals surface area (Å²) >= 11 is 1.26. The summed E-state index contributed by atoms with van der Waals surface area (Å²) in [6.45, 7) is 0. The lowest BCUT2D eigenvalue weighted by Gasteiger charge is -2.10. The second kappa shape index (κ2) is 5.77. The number of nitrogen functional groups attached to an aromatic ring is 1. The van der Waals surface area contributed by atoms with Gasteiger partial charge in [0.15, 0.2) is 16.6 Å². The molecule has 130 valence electrons. The zero-order chi connectivity index (χ0) is 18.4. The first-order valence-electron chi connectivity index (χ1n) is 7.28. The van der Waals surface area contributed by atoms with Crippen LogP contribution in [0.3, 0.4) is 0 Å². The van der Waals surface area contributed by atoms with Crippen molar-refractivity contribution in [2.45, 2.75) is 0 Å². The van der Waals surface area contributed by atoms with Crippen LogP contribution in [0.25, 0.3) is 22.0 Å². The van der Waals surface area contributed by atoms with Gasteiger partial charge >= 0.3 is 5.97 Å². The molecule has 0 saturated carbocycles. The van der Waals surface area contributed by atoms with Crippen LogP contribution in [-0.4, -0.2) is 30.2 Å². The number of aromatic carboxylic acids is 1. The topological polar surface area (TPSA) is 116 Å². The summed E-state index contributed by atoms with van der Waals surface area (Å²) in [5.74, 6) is -1.61. The van der Waals surface area contributed by atoms with Crippen molar-refractivity contribution in [2.24, 2.45) is 0 Å². The summed E-state index contributed by atoms with van der Waals surface area (Å²) in [7, 11) is 0. The molecule has 0 saturated heterocycles. The number of carboxylic acid groups (broad SMARTS) is 1. The molecular weight excluding hydrogens is 361 g/mol. The number of aromatic nitrogens is 4. The minimum atomic E-state index is -1.34. The first-order chi connectivity index (χ1) is 12.5. The van der Waals surface area contributed by atoms with Crippen molar-refractivity contribution in [3.05, 3.63) is 63.9 Å². The van der Waals surface area contributed by atoms with E-state index in [1.54, 1.807) is 11.6 Å². The fourth-order valence-corrected chi connectivity index (χ4v) is 3.17. The number of hydrogen-bond acceptors (Lipinski definition) is 6. The SMILES string of the molecule is Nc1cn(-c2ccc3c(=O)c(C(=O)O)cn(-c4nccs4)c3n2)cc1F. The molecule has 0 amide bonds. The van der Waals surface area contributed by atoms with Crippen LogP contribution >= 0.6 is 11.3 Å². The smallest absolute Gasteiger partial charge is 0.341 e. The summed E-state index contributed by atoms with van der Waals surface area (Å²) in [5.41, 5.74) is 4.65. The molecule has 0 aliphatic carbocycles. The minimum Gasteiger partial charge on any atom is -0.477 e. The Morgan fingerprint density at radius 1 is 1.27 bits per heavy atom. The zero-order valence-corrected chi connectivity index (χ0v) is 13.8. The number of carboxylic acids is 1. The average molecular weight is 371 g/mol. The number of nitrogens with two attached hydrogens (primary N) is 1. The van der Waals surface area contributed by atoms with Gasteiger partial charge in [-0.2, -0.15) is 0 Å². The average Bonchev–Trinajstić information content (AvgIpc) is 3.25. The summed E-state index contributed by atoms with van der Waals surface area (Å²) in [4.78, 5) is 32.4. The van der Waals surface area contributed by atoms with Gasteiger partial charge in [-0.05, 0) is 12.1 Å². The van der Waals surface area contributed by atoms with E-state index < -0.39 is 22.8 Å². The van der Waals surface area contributed by atoms with Gasteiger partial charge in [0.2, 0.25) is 5.43 Å². The number of thiazole rings is 1. The maximum atomic E-state index is 13.5. The highest BCUT2D eigenvalue weighted by atomic mass is 32.1. The summed E-state index contributed by atoms with van der Waals surface area (Å²) in [6.07, 6.45) is 5.27. The van der Waals surface area contributed by atoms with E-state index in [1.165, 1.54) is 51.2 Å². The Hall–Kier alpha value is -3.53. The molecule has 0 aromatic carbocycles. The lowest BCUT2D eigenvalue weighted by molar-refractivity contribution is 0.0695. The van der Waals surface area contributed by atoms with Crippen LogP contribution in [0.5, 0.6) is 0 Å². The maximum Gasteiger partial charge on any atom is 0.341 e. The number of rotatable bonds is 3. The first-order valence-corrected chi connectivity index (χ1v) is 8.16. The van der Waals surface area contributed by atoms with Gasteiger partial charge in [0.1, 0.15) is 11.4 Å². The van der Waals surface area contributed by atoms with Crippen molar-refractivity contribution < 1.29 is 14.3 Å². The quantitative estimate of drug-likeness (QED) is 0.569. The lowest BCUT2D eigenvalue weighted by Crippen LogP contribution is -2.19. The monoisotopic (exact) mass is 371 g/mol. The molecule has 0 spiro atoms. The molecule has 4 rings (SSSR count). The second-order valence-corrected chi connectivity index (χ2v) is 6.24. The third-order valence-corrected chi connectivity index (χ3v) is 4.53. The predicted molar refractivity (Wildman–Crippen MR) is 93.7 cm³/mol. The zero-order valence-electron chi connectivity index (χ0n) is 13.0. The molecule has 0 radical (unpaired) electrons. The van der Waals surface area contributed by atoms with E-state index in [4.69, 9.17) is 5.73 Å². The molecule has 0 bridgehead atoms. The number of anilines is 1. The lowest BCUT2D eigenvalue weighted by atomic mass is 10.2. The highest BCUT2D eigenvalue weighted by Crippen LogP contribution is 2.21. The van der Waals surface area contributed by atoms with Gasteiger partial charge in [-0.25, -0.2) is 19.2 Å². The van der Waals surface area contributed by atoms with Crippen LogP contribution in [0.15, 0.2) is 47.1 Å². The Bertz CT molecular complexity index is 1190. The molecule has 0 aliphatic heterocycles. The summed E-state index contributed by atoms with van der Waals surface area (Å²) < 4.78 is 16.4. The summed E-state index contributed by atoms with van der Waals surface area (Å²) in [6, 6.07) is 2.94. The number of pyridine rings is 2. The largest absolute Gasteiger partial charge is 0.477 e. The molecular formula is C16H10FN5O3S. The minimum absolute atomic E-state index is 0.0366. The van der Waals surface area contributed by atoms with Crippen LogP contribution in [0.2, 0.25) is 0 Å². The van der Waals surface area contributed by atoms with Gasteiger partial charge in [0, 0.05) is 30.2 Å². The van der Waals surface area contributed by atoms with Crippen molar-refractivity contribution >= 4 is 34.0 Å². The van der Waals surface area contributed by atoms with Crippen molar-refractivity contribution in [2.75, 3.05) is 5.73 Å². The van der Waals surface area contributed by atoms with Gasteiger partial charge in [0.05, 0.1) is 11.1 Å². The van der Waals surface area contributed by atoms with Gasteiger partial charge < -0.3 is 15.4 Å². The van der Waals surface area contributed by atoms with E-state index in [9.17, 15) is 19.1 Å². The molecule has 0 fully saturated rings. The molecule has 3 N–H and O–H groups in total. The number of fused-ring (bicyclic) bond motifs is 1. The van der Waals surface area contributed by atoms with Crippen molar-refractivity contribution in [1.29, 1.82) is 0 Å². The molecule has 0 unspecified atom stereocenters. The summed E-state index contributed by atoms with van der Waals surface area (Å²) in [5, 5.41) is 11.6. The molecule has 4 heterocycles. The number of carbonyl (C=O) groups is 1. The second-order valence-electron chi connectivity index (χ2n) is 5.37. The van der Waals surface area contributed by atoms with E-state index in [0.717, 1.165) is 0 Å². The number of nitrogens with zero attached hydrogens (tertiary/aromatic N) is 4. The standard InChI is InChI=1S/C16H10FN5O3S/c17-10-6-21(7-11(10)18)12-2-1-8-13(23)9(15(24)25)5-22(14(8)20-12)16-19-3-4-26-16/h1-7H,18H2,(H,24,25). The Labute approximate surface area is 148 Å². The molecule has 10 heteroatoms. The van der Waals surface area contributed by atoms with Gasteiger partial charge in [0.25, 0.3) is 0 Å². The Balaban J connectivity index is 2.05.